The number of pyridine rings is 1. The molecule has 0 unspecified atom stereocenters. The molecule has 0 aromatic carbocycles. The number of nitrogens with zero attached hydrogens (tertiary/aromatic N) is 4. The fraction of sp³-hybridized carbons (Fsp3) is 0.654. The number of hydrogen-bond acceptors (Lipinski definition) is 7. The maximum absolute atomic E-state index is 12.7. The van der Waals surface area contributed by atoms with Gasteiger partial charge in [0, 0.05) is 40.0 Å². The van der Waals surface area contributed by atoms with Crippen LogP contribution in [-0.2, 0) is 25.7 Å². The Kier molecular flexibility index (Phi) is 7.62. The molecule has 1 amide bonds. The van der Waals surface area contributed by atoms with Crippen LogP contribution >= 0.6 is 0 Å². The molecule has 1 spiro atoms. The molecule has 10 heteroatoms. The van der Waals surface area contributed by atoms with E-state index in [9.17, 15) is 4.79 Å². The average molecular weight is 517 g/mol. The summed E-state index contributed by atoms with van der Waals surface area (Å²) in [5.41, 5.74) is 2.30. The number of anilines is 1. The molecule has 0 N–H and O–H groups in total. The maximum atomic E-state index is 12.7. The van der Waals surface area contributed by atoms with Crippen LogP contribution in [0.15, 0.2) is 18.3 Å². The molecule has 198 valence electrons. The first-order valence-electron chi connectivity index (χ1n) is 12.7. The second-order valence-corrected chi connectivity index (χ2v) is 17.5. The number of fused-ring (bicyclic) bond motifs is 1. The summed E-state index contributed by atoms with van der Waals surface area (Å²) in [6.07, 6.45) is 5.76. The molecule has 1 saturated heterocycles. The van der Waals surface area contributed by atoms with Crippen molar-refractivity contribution in [3.05, 3.63) is 24.0 Å². The summed E-state index contributed by atoms with van der Waals surface area (Å²) < 4.78 is 25.2. The smallest absolute Gasteiger partial charge is 0.415 e. The molecule has 1 aliphatic heterocycles. The van der Waals surface area contributed by atoms with Crippen LogP contribution in [0, 0.1) is 0 Å². The van der Waals surface area contributed by atoms with E-state index in [1.807, 2.05) is 31.5 Å². The van der Waals surface area contributed by atoms with E-state index in [1.165, 1.54) is 4.90 Å². The van der Waals surface area contributed by atoms with Crippen LogP contribution in [0.3, 0.4) is 0 Å². The van der Waals surface area contributed by atoms with Gasteiger partial charge in [-0.2, -0.15) is 5.10 Å². The van der Waals surface area contributed by atoms with E-state index in [4.69, 9.17) is 24.0 Å². The Morgan fingerprint density at radius 1 is 1.25 bits per heavy atom. The quantitative estimate of drug-likeness (QED) is 0.358. The Bertz CT molecular complexity index is 1130. The van der Waals surface area contributed by atoms with Gasteiger partial charge in [0.2, 0.25) is 0 Å². The van der Waals surface area contributed by atoms with E-state index < -0.39 is 25.6 Å². The predicted octanol–water partition coefficient (Wildman–Crippen LogP) is 5.43. The van der Waals surface area contributed by atoms with Gasteiger partial charge < -0.3 is 18.9 Å². The third kappa shape index (κ3) is 6.34. The van der Waals surface area contributed by atoms with Crippen molar-refractivity contribution in [2.45, 2.75) is 83.8 Å². The fourth-order valence-corrected chi connectivity index (χ4v) is 5.07. The van der Waals surface area contributed by atoms with E-state index in [1.54, 1.807) is 13.2 Å². The number of carbonyl (C=O) groups is 1. The average Bonchev–Trinajstić information content (AvgIpc) is 3.39. The lowest BCUT2D eigenvalue weighted by atomic mass is 9.91. The molecule has 0 bridgehead atoms. The second kappa shape index (κ2) is 10.2. The van der Waals surface area contributed by atoms with Gasteiger partial charge in [-0.05, 0) is 44.9 Å². The first-order chi connectivity index (χ1) is 16.9. The van der Waals surface area contributed by atoms with Gasteiger partial charge in [0.15, 0.2) is 5.79 Å². The lowest BCUT2D eigenvalue weighted by Gasteiger charge is -2.30. The summed E-state index contributed by atoms with van der Waals surface area (Å²) >= 11 is 0. The van der Waals surface area contributed by atoms with Crippen molar-refractivity contribution >= 4 is 36.5 Å². The minimum absolute atomic E-state index is 0.355. The van der Waals surface area contributed by atoms with Crippen LogP contribution in [0.4, 0.5) is 10.6 Å². The Balaban J connectivity index is 1.63. The number of hydrogen-bond donors (Lipinski definition) is 0. The van der Waals surface area contributed by atoms with Gasteiger partial charge in [0.25, 0.3) is 0 Å². The number of rotatable bonds is 7. The zero-order chi connectivity index (χ0) is 26.1. The van der Waals surface area contributed by atoms with E-state index >= 15 is 0 Å². The number of aromatic nitrogens is 3. The first kappa shape index (κ1) is 26.8. The van der Waals surface area contributed by atoms with Gasteiger partial charge in [-0.3, -0.25) is 4.90 Å². The summed E-state index contributed by atoms with van der Waals surface area (Å²) in [5.74, 6) is 0.0124. The standard InChI is InChI=1S/C26H40N4O5Si/c1-25(2,3)35-24(31)29(4)22-16-20-21(17-27-22)30(18-32-14-15-36(5,6)7)28-23(20)19-8-10-26(11-9-19)33-12-13-34-26/h8,16-17H,9-15,18H2,1-7H3. The maximum Gasteiger partial charge on any atom is 0.415 e. The van der Waals surface area contributed by atoms with Crippen LogP contribution in [0.25, 0.3) is 16.5 Å². The highest BCUT2D eigenvalue weighted by Crippen LogP contribution is 2.40. The van der Waals surface area contributed by atoms with Crippen molar-refractivity contribution in [3.8, 4) is 0 Å². The third-order valence-corrected chi connectivity index (χ3v) is 8.10. The molecule has 9 nitrogen and oxygen atoms in total. The lowest BCUT2D eigenvalue weighted by Crippen LogP contribution is -2.34. The highest BCUT2D eigenvalue weighted by molar-refractivity contribution is 6.76. The molecule has 36 heavy (non-hydrogen) atoms. The summed E-state index contributed by atoms with van der Waals surface area (Å²) in [7, 11) is 0.487. The predicted molar refractivity (Wildman–Crippen MR) is 143 cm³/mol. The van der Waals surface area contributed by atoms with Crippen molar-refractivity contribution in [1.29, 1.82) is 0 Å². The summed E-state index contributed by atoms with van der Waals surface area (Å²) in [4.78, 5) is 18.7. The molecule has 0 saturated carbocycles. The highest BCUT2D eigenvalue weighted by atomic mass is 28.3. The minimum atomic E-state index is -1.18. The van der Waals surface area contributed by atoms with E-state index in [0.717, 1.165) is 41.1 Å². The Hall–Kier alpha value is -2.27. The van der Waals surface area contributed by atoms with E-state index in [2.05, 4.69) is 30.7 Å². The Morgan fingerprint density at radius 2 is 1.97 bits per heavy atom. The first-order valence-corrected chi connectivity index (χ1v) is 16.4. The van der Waals surface area contributed by atoms with Gasteiger partial charge in [0.05, 0.1) is 30.6 Å². The van der Waals surface area contributed by atoms with E-state index in [-0.39, 0.29) is 0 Å². The van der Waals surface area contributed by atoms with Gasteiger partial charge >= 0.3 is 6.09 Å². The van der Waals surface area contributed by atoms with Crippen molar-refractivity contribution in [3.63, 3.8) is 0 Å². The zero-order valence-electron chi connectivity index (χ0n) is 22.7. The summed E-state index contributed by atoms with van der Waals surface area (Å²) in [6.45, 7) is 14.9. The van der Waals surface area contributed by atoms with Crippen molar-refractivity contribution in [2.75, 3.05) is 31.8 Å². The van der Waals surface area contributed by atoms with E-state index in [0.29, 0.717) is 38.8 Å². The second-order valence-electron chi connectivity index (χ2n) is 11.8. The van der Waals surface area contributed by atoms with Gasteiger partial charge in [-0.1, -0.05) is 25.7 Å². The summed E-state index contributed by atoms with van der Waals surface area (Å²) in [5, 5.41) is 5.88. The topological polar surface area (TPSA) is 87.9 Å². The van der Waals surface area contributed by atoms with Crippen LogP contribution in [0.1, 0.15) is 45.7 Å². The minimum Gasteiger partial charge on any atom is -0.443 e. The normalized spacial score (nSPS) is 18.0. The van der Waals surface area contributed by atoms with Gasteiger partial charge in [-0.15, -0.1) is 0 Å². The number of ether oxygens (including phenoxy) is 4. The van der Waals surface area contributed by atoms with Gasteiger partial charge in [-0.25, -0.2) is 14.5 Å². The Morgan fingerprint density at radius 3 is 2.58 bits per heavy atom. The monoisotopic (exact) mass is 516 g/mol. The lowest BCUT2D eigenvalue weighted by molar-refractivity contribution is -0.159. The molecule has 3 heterocycles. The van der Waals surface area contributed by atoms with Crippen LogP contribution < -0.4 is 4.90 Å². The number of allylic oxidation sites excluding steroid dienone is 1. The molecular weight excluding hydrogens is 476 g/mol. The van der Waals surface area contributed by atoms with Crippen LogP contribution in [-0.4, -0.2) is 67.2 Å². The Labute approximate surface area is 214 Å². The largest absolute Gasteiger partial charge is 0.443 e. The highest BCUT2D eigenvalue weighted by Gasteiger charge is 2.38. The molecular formula is C26H40N4O5Si. The summed E-state index contributed by atoms with van der Waals surface area (Å²) in [6, 6.07) is 3.00. The molecule has 2 aromatic heterocycles. The molecule has 2 aliphatic rings. The molecule has 0 atom stereocenters. The number of amides is 1. The van der Waals surface area contributed by atoms with Crippen molar-refractivity contribution in [2.24, 2.45) is 0 Å². The third-order valence-electron chi connectivity index (χ3n) is 6.40. The molecule has 1 fully saturated rings. The van der Waals surface area contributed by atoms with Crippen LogP contribution in [0.5, 0.6) is 0 Å². The SMILES string of the molecule is CN(C(=O)OC(C)(C)C)c1cc2c(C3=CCC4(CC3)OCCO4)nn(COCC[Si](C)(C)C)c2cn1. The van der Waals surface area contributed by atoms with Crippen molar-refractivity contribution in [1.82, 2.24) is 14.8 Å². The van der Waals surface area contributed by atoms with Gasteiger partial charge in [0.1, 0.15) is 18.1 Å². The fourth-order valence-electron chi connectivity index (χ4n) is 4.32. The molecule has 1 aliphatic carbocycles. The molecule has 2 aromatic rings. The molecule has 4 rings (SSSR count). The zero-order valence-corrected chi connectivity index (χ0v) is 23.7. The van der Waals surface area contributed by atoms with Crippen LogP contribution in [0.2, 0.25) is 25.7 Å². The number of carbonyl (C=O) groups excluding carboxylic acids is 1. The molecule has 0 radical (unpaired) electrons. The van der Waals surface area contributed by atoms with Crippen molar-refractivity contribution < 1.29 is 23.7 Å².